The molecule has 0 radical (unpaired) electrons. The summed E-state index contributed by atoms with van der Waals surface area (Å²) in [6.07, 6.45) is 7.67. The van der Waals surface area contributed by atoms with Gasteiger partial charge in [-0.15, -0.1) is 0 Å². The Labute approximate surface area is 172 Å². The lowest BCUT2D eigenvalue weighted by atomic mass is 9.95. The zero-order valence-corrected chi connectivity index (χ0v) is 17.1. The first-order chi connectivity index (χ1) is 14.2. The Morgan fingerprint density at radius 1 is 0.966 bits per heavy atom. The molecular weight excluding hydrogens is 364 g/mol. The van der Waals surface area contributed by atoms with Crippen LogP contribution in [0.5, 0.6) is 5.75 Å². The van der Waals surface area contributed by atoms with Crippen molar-refractivity contribution in [2.24, 2.45) is 0 Å². The highest BCUT2D eigenvalue weighted by Crippen LogP contribution is 2.21. The molecule has 0 saturated heterocycles. The van der Waals surface area contributed by atoms with Crippen molar-refractivity contribution in [3.05, 3.63) is 59.7 Å². The largest absolute Gasteiger partial charge is 0.494 e. The molecule has 5 heteroatoms. The smallest absolute Gasteiger partial charge is 0.255 e. The molecule has 2 N–H and O–H groups in total. The van der Waals surface area contributed by atoms with Gasteiger partial charge < -0.3 is 15.4 Å². The van der Waals surface area contributed by atoms with Crippen LogP contribution in [-0.4, -0.2) is 24.5 Å². The molecule has 0 aliphatic heterocycles. The van der Waals surface area contributed by atoms with E-state index in [1.807, 2.05) is 12.1 Å². The van der Waals surface area contributed by atoms with Gasteiger partial charge in [0.2, 0.25) is 0 Å². The number of carbonyl (C=O) groups is 2. The minimum absolute atomic E-state index is 0.132. The molecule has 3 rings (SSSR count). The number of carbonyl (C=O) groups excluding carboxylic acids is 2. The number of amides is 2. The zero-order chi connectivity index (χ0) is 20.5. The quantitative estimate of drug-likeness (QED) is 0.606. The van der Waals surface area contributed by atoms with E-state index in [2.05, 4.69) is 17.6 Å². The van der Waals surface area contributed by atoms with Crippen LogP contribution >= 0.6 is 0 Å². The van der Waals surface area contributed by atoms with E-state index in [0.29, 0.717) is 23.4 Å². The molecule has 1 aliphatic rings. The van der Waals surface area contributed by atoms with Crippen LogP contribution in [0.2, 0.25) is 0 Å². The Hall–Kier alpha value is -2.82. The molecule has 0 spiro atoms. The van der Waals surface area contributed by atoms with E-state index in [-0.39, 0.29) is 17.9 Å². The third-order valence-electron chi connectivity index (χ3n) is 5.24. The monoisotopic (exact) mass is 394 g/mol. The van der Waals surface area contributed by atoms with Crippen molar-refractivity contribution >= 4 is 17.5 Å². The average Bonchev–Trinajstić information content (AvgIpc) is 2.75. The summed E-state index contributed by atoms with van der Waals surface area (Å²) < 4.78 is 5.64. The molecule has 0 aromatic heterocycles. The van der Waals surface area contributed by atoms with Gasteiger partial charge in [-0.1, -0.05) is 44.7 Å². The van der Waals surface area contributed by atoms with Crippen LogP contribution in [0.25, 0.3) is 0 Å². The molecule has 1 aliphatic carbocycles. The second-order valence-corrected chi connectivity index (χ2v) is 7.53. The predicted molar refractivity (Wildman–Crippen MR) is 116 cm³/mol. The number of hydrogen-bond acceptors (Lipinski definition) is 3. The van der Waals surface area contributed by atoms with E-state index in [4.69, 9.17) is 4.74 Å². The van der Waals surface area contributed by atoms with E-state index in [9.17, 15) is 9.59 Å². The second-order valence-electron chi connectivity index (χ2n) is 7.53. The van der Waals surface area contributed by atoms with Crippen molar-refractivity contribution in [2.45, 2.75) is 57.9 Å². The van der Waals surface area contributed by atoms with E-state index in [0.717, 1.165) is 44.3 Å². The molecule has 2 aromatic carbocycles. The fraction of sp³-hybridized carbons (Fsp3) is 0.417. The highest BCUT2D eigenvalue weighted by Gasteiger charge is 2.19. The van der Waals surface area contributed by atoms with Crippen LogP contribution in [0.1, 0.15) is 72.6 Å². The fourth-order valence-electron chi connectivity index (χ4n) is 3.53. The van der Waals surface area contributed by atoms with E-state index < -0.39 is 0 Å². The van der Waals surface area contributed by atoms with Gasteiger partial charge in [0.1, 0.15) is 5.75 Å². The summed E-state index contributed by atoms with van der Waals surface area (Å²) in [4.78, 5) is 25.4. The molecule has 5 nitrogen and oxygen atoms in total. The minimum atomic E-state index is -0.247. The first-order valence-electron chi connectivity index (χ1n) is 10.6. The van der Waals surface area contributed by atoms with Gasteiger partial charge in [-0.25, -0.2) is 0 Å². The lowest BCUT2D eigenvalue weighted by Crippen LogP contribution is -2.36. The van der Waals surface area contributed by atoms with Gasteiger partial charge >= 0.3 is 0 Å². The fourth-order valence-corrected chi connectivity index (χ4v) is 3.53. The number of para-hydroxylation sites is 1. The molecule has 0 unspecified atom stereocenters. The molecule has 2 aromatic rings. The van der Waals surface area contributed by atoms with Crippen LogP contribution in [0.4, 0.5) is 5.69 Å². The minimum Gasteiger partial charge on any atom is -0.494 e. The van der Waals surface area contributed by atoms with Gasteiger partial charge in [0.25, 0.3) is 11.8 Å². The predicted octanol–water partition coefficient (Wildman–Crippen LogP) is 5.18. The second kappa shape index (κ2) is 10.6. The van der Waals surface area contributed by atoms with Gasteiger partial charge in [-0.05, 0) is 55.7 Å². The van der Waals surface area contributed by atoms with Crippen molar-refractivity contribution < 1.29 is 14.3 Å². The summed E-state index contributed by atoms with van der Waals surface area (Å²) in [6.45, 7) is 2.79. The molecule has 1 saturated carbocycles. The van der Waals surface area contributed by atoms with E-state index in [1.54, 1.807) is 36.4 Å². The highest BCUT2D eigenvalue weighted by molar-refractivity contribution is 6.09. The van der Waals surface area contributed by atoms with Crippen molar-refractivity contribution in [3.8, 4) is 5.75 Å². The van der Waals surface area contributed by atoms with E-state index in [1.165, 1.54) is 6.42 Å². The zero-order valence-electron chi connectivity index (χ0n) is 17.1. The standard InChI is InChI=1S/C24H30N2O3/c1-2-3-17-29-20-15-13-18(14-16-20)23(27)26-22-12-8-7-11-21(22)24(28)25-19-9-5-4-6-10-19/h7-8,11-16,19H,2-6,9-10,17H2,1H3,(H,25,28)(H,26,27). The average molecular weight is 395 g/mol. The lowest BCUT2D eigenvalue weighted by Gasteiger charge is -2.23. The Morgan fingerprint density at radius 2 is 1.69 bits per heavy atom. The summed E-state index contributed by atoms with van der Waals surface area (Å²) in [5.41, 5.74) is 1.54. The molecule has 0 atom stereocenters. The Balaban J connectivity index is 1.63. The summed E-state index contributed by atoms with van der Waals surface area (Å²) in [5, 5.41) is 5.99. The SMILES string of the molecule is CCCCOc1ccc(C(=O)Nc2ccccc2C(=O)NC2CCCCC2)cc1. The van der Waals surface area contributed by atoms with Gasteiger partial charge in [-0.3, -0.25) is 9.59 Å². The summed E-state index contributed by atoms with van der Waals surface area (Å²) >= 11 is 0. The molecule has 2 amide bonds. The first kappa shape index (κ1) is 20.9. The van der Waals surface area contributed by atoms with Crippen LogP contribution in [-0.2, 0) is 0 Å². The summed E-state index contributed by atoms with van der Waals surface area (Å²) in [5.74, 6) is 0.373. The van der Waals surface area contributed by atoms with Crippen molar-refractivity contribution in [1.82, 2.24) is 5.32 Å². The maximum Gasteiger partial charge on any atom is 0.255 e. The van der Waals surface area contributed by atoms with Crippen LogP contribution < -0.4 is 15.4 Å². The van der Waals surface area contributed by atoms with Gasteiger partial charge in [-0.2, -0.15) is 0 Å². The third kappa shape index (κ3) is 6.08. The molecule has 0 bridgehead atoms. The maximum absolute atomic E-state index is 12.7. The van der Waals surface area contributed by atoms with Gasteiger partial charge in [0.15, 0.2) is 0 Å². The summed E-state index contributed by atoms with van der Waals surface area (Å²) in [6, 6.07) is 14.4. The van der Waals surface area contributed by atoms with Crippen LogP contribution in [0.15, 0.2) is 48.5 Å². The van der Waals surface area contributed by atoms with Gasteiger partial charge in [0.05, 0.1) is 17.9 Å². The van der Waals surface area contributed by atoms with Gasteiger partial charge in [0, 0.05) is 11.6 Å². The molecule has 154 valence electrons. The number of ether oxygens (including phenoxy) is 1. The number of benzene rings is 2. The lowest BCUT2D eigenvalue weighted by molar-refractivity contribution is 0.0928. The topological polar surface area (TPSA) is 67.4 Å². The number of anilines is 1. The molecule has 0 heterocycles. The van der Waals surface area contributed by atoms with Crippen molar-refractivity contribution in [1.29, 1.82) is 0 Å². The third-order valence-corrected chi connectivity index (χ3v) is 5.24. The normalized spacial score (nSPS) is 14.2. The number of hydrogen-bond donors (Lipinski definition) is 2. The first-order valence-corrected chi connectivity index (χ1v) is 10.6. The van der Waals surface area contributed by atoms with Crippen LogP contribution in [0.3, 0.4) is 0 Å². The Bertz CT molecular complexity index is 811. The molecule has 29 heavy (non-hydrogen) atoms. The Morgan fingerprint density at radius 3 is 2.41 bits per heavy atom. The highest BCUT2D eigenvalue weighted by atomic mass is 16.5. The maximum atomic E-state index is 12.7. The van der Waals surface area contributed by atoms with Crippen LogP contribution in [0, 0.1) is 0 Å². The summed E-state index contributed by atoms with van der Waals surface area (Å²) in [7, 11) is 0. The van der Waals surface area contributed by atoms with E-state index >= 15 is 0 Å². The molecule has 1 fully saturated rings. The number of nitrogens with one attached hydrogen (secondary N) is 2. The molecular formula is C24H30N2O3. The number of rotatable bonds is 8. The van der Waals surface area contributed by atoms with Crippen molar-refractivity contribution in [3.63, 3.8) is 0 Å². The number of unbranched alkanes of at least 4 members (excludes halogenated alkanes) is 1. The van der Waals surface area contributed by atoms with Crippen molar-refractivity contribution in [2.75, 3.05) is 11.9 Å². The Kier molecular flexibility index (Phi) is 7.68.